The van der Waals surface area contributed by atoms with Crippen molar-refractivity contribution >= 4 is 17.0 Å². The molecule has 0 unspecified atom stereocenters. The van der Waals surface area contributed by atoms with Crippen LogP contribution in [0.5, 0.6) is 0 Å². The van der Waals surface area contributed by atoms with Crippen LogP contribution in [0.15, 0.2) is 30.7 Å². The number of aryl methyl sites for hydroxylation is 1. The van der Waals surface area contributed by atoms with Gasteiger partial charge in [0.1, 0.15) is 5.69 Å². The smallest absolute Gasteiger partial charge is 0.223 e. The van der Waals surface area contributed by atoms with Crippen molar-refractivity contribution in [1.82, 2.24) is 34.9 Å². The second-order valence-electron chi connectivity index (χ2n) is 8.05. The van der Waals surface area contributed by atoms with Crippen LogP contribution in [0.2, 0.25) is 0 Å². The normalized spacial score (nSPS) is 11.6. The highest BCUT2D eigenvalue weighted by Gasteiger charge is 2.21. The average Bonchev–Trinajstić information content (AvgIpc) is 3.33. The summed E-state index contributed by atoms with van der Waals surface area (Å²) >= 11 is 0. The predicted molar refractivity (Wildman–Crippen MR) is 115 cm³/mol. The van der Waals surface area contributed by atoms with Crippen LogP contribution in [0.1, 0.15) is 32.9 Å². The molecule has 4 rings (SSSR count). The third kappa shape index (κ3) is 3.72. The highest BCUT2D eigenvalue weighted by molar-refractivity contribution is 5.86. The number of aromatic nitrogens is 7. The third-order valence-electron chi connectivity index (χ3n) is 4.73. The van der Waals surface area contributed by atoms with E-state index in [9.17, 15) is 0 Å². The number of nitrogens with zero attached hydrogens (tertiary/aromatic N) is 7. The fourth-order valence-corrected chi connectivity index (χ4v) is 3.09. The van der Waals surface area contributed by atoms with E-state index in [0.717, 1.165) is 33.6 Å². The molecule has 0 amide bonds. The first-order chi connectivity index (χ1) is 14.4. The first-order valence-corrected chi connectivity index (χ1v) is 9.72. The van der Waals surface area contributed by atoms with Crippen LogP contribution in [-0.2, 0) is 5.54 Å². The summed E-state index contributed by atoms with van der Waals surface area (Å²) in [5.41, 5.74) is 4.76. The van der Waals surface area contributed by atoms with Gasteiger partial charge in [-0.1, -0.05) is 0 Å². The summed E-state index contributed by atoms with van der Waals surface area (Å²) in [7, 11) is 0. The molecule has 4 heterocycles. The van der Waals surface area contributed by atoms with E-state index in [-0.39, 0.29) is 5.54 Å². The summed E-state index contributed by atoms with van der Waals surface area (Å²) in [4.78, 5) is 13.4. The molecule has 0 aliphatic carbocycles. The van der Waals surface area contributed by atoms with Crippen molar-refractivity contribution < 1.29 is 0 Å². The van der Waals surface area contributed by atoms with E-state index in [0.29, 0.717) is 24.6 Å². The number of aromatic amines is 1. The molecule has 2 N–H and O–H groups in total. The van der Waals surface area contributed by atoms with Crippen LogP contribution in [0.3, 0.4) is 0 Å². The van der Waals surface area contributed by atoms with E-state index in [1.807, 2.05) is 29.9 Å². The molecule has 0 radical (unpaired) electrons. The Labute approximate surface area is 174 Å². The molecule has 0 aromatic carbocycles. The quantitative estimate of drug-likeness (QED) is 0.489. The molecule has 0 aliphatic rings. The molecule has 9 nitrogen and oxygen atoms in total. The van der Waals surface area contributed by atoms with Gasteiger partial charge in [0.05, 0.1) is 23.7 Å². The zero-order valence-electron chi connectivity index (χ0n) is 17.4. The van der Waals surface area contributed by atoms with E-state index >= 15 is 0 Å². The first-order valence-electron chi connectivity index (χ1n) is 9.72. The summed E-state index contributed by atoms with van der Waals surface area (Å²) in [6.45, 7) is 8.77. The molecule has 4 aromatic rings. The van der Waals surface area contributed by atoms with E-state index < -0.39 is 0 Å². The maximum Gasteiger partial charge on any atom is 0.223 e. The van der Waals surface area contributed by atoms with Gasteiger partial charge in [0.15, 0.2) is 5.65 Å². The number of nitriles is 1. The molecule has 9 heteroatoms. The average molecular weight is 401 g/mol. The van der Waals surface area contributed by atoms with E-state index in [1.165, 1.54) is 0 Å². The van der Waals surface area contributed by atoms with Crippen molar-refractivity contribution in [1.29, 1.82) is 5.26 Å². The van der Waals surface area contributed by atoms with Crippen molar-refractivity contribution in [3.63, 3.8) is 0 Å². The van der Waals surface area contributed by atoms with Gasteiger partial charge >= 0.3 is 0 Å². The maximum absolute atomic E-state index is 8.74. The van der Waals surface area contributed by atoms with Crippen molar-refractivity contribution in [2.24, 2.45) is 0 Å². The van der Waals surface area contributed by atoms with Gasteiger partial charge in [0, 0.05) is 47.3 Å². The number of fused-ring (bicyclic) bond motifs is 1. The minimum atomic E-state index is -0.197. The second-order valence-corrected chi connectivity index (χ2v) is 8.05. The van der Waals surface area contributed by atoms with Crippen molar-refractivity contribution in [2.75, 3.05) is 11.9 Å². The number of hydrogen-bond acceptors (Lipinski definition) is 7. The fourth-order valence-electron chi connectivity index (χ4n) is 3.09. The summed E-state index contributed by atoms with van der Waals surface area (Å²) in [6, 6.07) is 6.01. The lowest BCUT2D eigenvalue weighted by Crippen LogP contribution is -2.22. The van der Waals surface area contributed by atoms with Crippen molar-refractivity contribution in [2.45, 2.75) is 39.7 Å². The molecule has 0 saturated carbocycles. The largest absolute Gasteiger partial charge is 0.353 e. The van der Waals surface area contributed by atoms with Crippen LogP contribution in [-0.4, -0.2) is 41.5 Å². The molecule has 4 aromatic heterocycles. The Bertz CT molecular complexity index is 1240. The minimum Gasteiger partial charge on any atom is -0.353 e. The van der Waals surface area contributed by atoms with Crippen LogP contribution < -0.4 is 5.32 Å². The summed E-state index contributed by atoms with van der Waals surface area (Å²) in [5.74, 6) is 0.483. The maximum atomic E-state index is 8.74. The monoisotopic (exact) mass is 401 g/mol. The van der Waals surface area contributed by atoms with Gasteiger partial charge in [-0.15, -0.1) is 0 Å². The number of nitrogens with one attached hydrogen (secondary N) is 2. The summed E-state index contributed by atoms with van der Waals surface area (Å²) < 4.78 is 1.94. The Morgan fingerprint density at radius 3 is 2.87 bits per heavy atom. The molecular weight excluding hydrogens is 378 g/mol. The SMILES string of the molecule is Cc1[nH]nc2ncc(-c3nn(C(C)(C)C)cc3-c3ccnc(NCCC#N)n3)cc12. The first kappa shape index (κ1) is 19.5. The Kier molecular flexibility index (Phi) is 4.91. The predicted octanol–water partition coefficient (Wildman–Crippen LogP) is 3.67. The fraction of sp³-hybridized carbons (Fsp3) is 0.333. The summed E-state index contributed by atoms with van der Waals surface area (Å²) in [5, 5.41) is 24.9. The molecular formula is C21H23N9. The van der Waals surface area contributed by atoms with E-state index in [2.05, 4.69) is 57.3 Å². The molecule has 0 aliphatic heterocycles. The molecule has 0 spiro atoms. The number of rotatable bonds is 5. The number of H-pyrrole nitrogens is 1. The zero-order chi connectivity index (χ0) is 21.3. The Balaban J connectivity index is 1.83. The van der Waals surface area contributed by atoms with Gasteiger partial charge in [-0.3, -0.25) is 9.78 Å². The molecule has 0 saturated heterocycles. The van der Waals surface area contributed by atoms with Crippen LogP contribution >= 0.6 is 0 Å². The summed E-state index contributed by atoms with van der Waals surface area (Å²) in [6.07, 6.45) is 5.88. The van der Waals surface area contributed by atoms with E-state index in [4.69, 9.17) is 10.4 Å². The topological polar surface area (TPSA) is 121 Å². The van der Waals surface area contributed by atoms with Gasteiger partial charge in [-0.05, 0) is 39.8 Å². The lowest BCUT2D eigenvalue weighted by Gasteiger charge is -2.18. The Morgan fingerprint density at radius 2 is 2.10 bits per heavy atom. The lowest BCUT2D eigenvalue weighted by molar-refractivity contribution is 0.356. The minimum absolute atomic E-state index is 0.197. The van der Waals surface area contributed by atoms with Gasteiger partial charge in [-0.25, -0.2) is 15.0 Å². The molecule has 0 bridgehead atoms. The van der Waals surface area contributed by atoms with Crippen molar-refractivity contribution in [3.8, 4) is 28.6 Å². The van der Waals surface area contributed by atoms with Crippen LogP contribution in [0.4, 0.5) is 5.95 Å². The lowest BCUT2D eigenvalue weighted by atomic mass is 10.1. The molecule has 0 atom stereocenters. The van der Waals surface area contributed by atoms with Crippen LogP contribution in [0.25, 0.3) is 33.5 Å². The number of pyridine rings is 1. The van der Waals surface area contributed by atoms with E-state index in [1.54, 1.807) is 12.4 Å². The molecule has 152 valence electrons. The third-order valence-corrected chi connectivity index (χ3v) is 4.73. The van der Waals surface area contributed by atoms with Crippen molar-refractivity contribution in [3.05, 3.63) is 36.4 Å². The zero-order valence-corrected chi connectivity index (χ0v) is 17.4. The van der Waals surface area contributed by atoms with Gasteiger partial charge < -0.3 is 5.32 Å². The standard InChI is InChI=1S/C21H23N9/c1-13-15-10-14(11-25-19(15)28-27-13)18-16(12-30(29-18)21(2,3)4)17-6-9-24-20(26-17)23-8-5-7-22/h6,9-12H,5,8H2,1-4H3,(H,23,24,26)(H,25,27,28). The second kappa shape index (κ2) is 7.55. The Morgan fingerprint density at radius 1 is 1.27 bits per heavy atom. The number of hydrogen-bond donors (Lipinski definition) is 2. The highest BCUT2D eigenvalue weighted by Crippen LogP contribution is 2.33. The van der Waals surface area contributed by atoms with Gasteiger partial charge in [-0.2, -0.15) is 15.5 Å². The molecule has 0 fully saturated rings. The van der Waals surface area contributed by atoms with Gasteiger partial charge in [0.2, 0.25) is 5.95 Å². The Hall–Kier alpha value is -3.80. The highest BCUT2D eigenvalue weighted by atomic mass is 15.3. The number of anilines is 1. The van der Waals surface area contributed by atoms with Gasteiger partial charge in [0.25, 0.3) is 0 Å². The molecule has 30 heavy (non-hydrogen) atoms. The van der Waals surface area contributed by atoms with Crippen LogP contribution in [0, 0.1) is 18.3 Å².